The first-order valence-corrected chi connectivity index (χ1v) is 39.7. The molecule has 0 unspecified atom stereocenters. The highest BCUT2D eigenvalue weighted by Crippen LogP contribution is 2.37. The lowest BCUT2D eigenvalue weighted by molar-refractivity contribution is -0.123. The number of hydrogen-bond donors (Lipinski definition) is 11. The maximum atomic E-state index is 12.5. The molecule has 0 aliphatic heterocycles. The van der Waals surface area contributed by atoms with Gasteiger partial charge in [-0.15, -0.1) is 0 Å². The summed E-state index contributed by atoms with van der Waals surface area (Å²) in [6.45, 7) is 5.63. The Bertz CT molecular complexity index is 7630. The number of benzene rings is 6. The van der Waals surface area contributed by atoms with Crippen molar-refractivity contribution in [2.24, 2.45) is 5.41 Å². The van der Waals surface area contributed by atoms with Gasteiger partial charge in [0.15, 0.2) is 23.3 Å². The first kappa shape index (κ1) is 77.4. The number of fused-ring (bicyclic) bond motifs is 8. The quantitative estimate of drug-likeness (QED) is 0.0454. The molecule has 0 spiro atoms. The lowest BCUT2D eigenvalue weighted by Gasteiger charge is -2.17. The van der Waals surface area contributed by atoms with Crippen molar-refractivity contribution in [3.05, 3.63) is 292 Å². The minimum absolute atomic E-state index is 0.0570. The molecule has 125 heavy (non-hydrogen) atoms. The Balaban J connectivity index is 0.000000109. The van der Waals surface area contributed by atoms with E-state index in [1.54, 1.807) is 98.9 Å². The van der Waals surface area contributed by atoms with Crippen LogP contribution in [0.25, 0.3) is 178 Å². The van der Waals surface area contributed by atoms with Gasteiger partial charge in [0.25, 0.3) is 5.91 Å². The van der Waals surface area contributed by atoms with E-state index in [0.29, 0.717) is 46.5 Å². The van der Waals surface area contributed by atoms with Crippen molar-refractivity contribution in [2.75, 3.05) is 34.9 Å². The second-order valence-corrected chi connectivity index (χ2v) is 30.7. The molecule has 0 fully saturated rings. The maximum Gasteiger partial charge on any atom is 0.255 e. The smallest absolute Gasteiger partial charge is 0.255 e. The number of nitrogens with zero attached hydrogens (tertiary/aromatic N) is 17. The summed E-state index contributed by atoms with van der Waals surface area (Å²) in [5, 5.41) is 42.8. The number of nitrogens with one attached hydrogen (secondary N) is 11. The second-order valence-electron chi connectivity index (χ2n) is 30.7. The van der Waals surface area contributed by atoms with Crippen LogP contribution in [-0.2, 0) is 16.0 Å². The third kappa shape index (κ3) is 16.6. The monoisotopic (exact) mass is 1640 g/mol. The molecular formula is C94H74N28O3. The number of aromatic nitrogens is 24. The number of pyridine rings is 8. The van der Waals surface area contributed by atoms with Crippen LogP contribution in [0, 0.1) is 5.41 Å². The minimum atomic E-state index is -0.483. The van der Waals surface area contributed by atoms with Crippen LogP contribution < -0.4 is 20.9 Å². The molecule has 31 heteroatoms. The lowest BCUT2D eigenvalue weighted by atomic mass is 9.95. The Morgan fingerprint density at radius 2 is 0.664 bits per heavy atom. The van der Waals surface area contributed by atoms with Crippen LogP contribution >= 0.6 is 0 Å². The summed E-state index contributed by atoms with van der Waals surface area (Å²) in [6.07, 6.45) is 28.2. The highest BCUT2D eigenvalue weighted by atomic mass is 16.2. The molecule has 0 aliphatic rings. The third-order valence-corrected chi connectivity index (χ3v) is 20.8. The normalized spacial score (nSPS) is 11.4. The van der Waals surface area contributed by atoms with Gasteiger partial charge >= 0.3 is 0 Å². The number of rotatable bonds is 15. The van der Waals surface area contributed by atoms with Gasteiger partial charge in [0, 0.05) is 118 Å². The number of amides is 3. The van der Waals surface area contributed by atoms with Crippen LogP contribution in [0.2, 0.25) is 0 Å². The van der Waals surface area contributed by atoms with Crippen molar-refractivity contribution < 1.29 is 14.4 Å². The Labute approximate surface area is 709 Å². The molecule has 6 aromatic carbocycles. The molecule has 0 saturated heterocycles. The molecule has 0 radical (unpaired) electrons. The zero-order valence-electron chi connectivity index (χ0n) is 67.6. The summed E-state index contributed by atoms with van der Waals surface area (Å²) in [6, 6.07) is 58.4. The molecule has 22 aromatic rings. The largest absolute Gasteiger partial charge is 0.376 e. The van der Waals surface area contributed by atoms with Crippen molar-refractivity contribution in [1.29, 1.82) is 0 Å². The summed E-state index contributed by atoms with van der Waals surface area (Å²) >= 11 is 0. The van der Waals surface area contributed by atoms with Crippen molar-refractivity contribution in [3.8, 4) is 90.6 Å². The number of aromatic amines is 8. The van der Waals surface area contributed by atoms with E-state index in [2.05, 4.69) is 155 Å². The van der Waals surface area contributed by atoms with E-state index in [9.17, 15) is 14.4 Å². The molecule has 16 heterocycles. The topological polar surface area (TPSA) is 423 Å². The third-order valence-electron chi connectivity index (χ3n) is 20.8. The van der Waals surface area contributed by atoms with Crippen LogP contribution in [0.5, 0.6) is 0 Å². The first-order chi connectivity index (χ1) is 61.0. The summed E-state index contributed by atoms with van der Waals surface area (Å²) < 4.78 is 0. The molecule has 3 amide bonds. The van der Waals surface area contributed by atoms with E-state index in [1.807, 2.05) is 204 Å². The second kappa shape index (κ2) is 33.4. The molecule has 0 saturated carbocycles. The van der Waals surface area contributed by atoms with Crippen molar-refractivity contribution in [1.82, 2.24) is 121 Å². The molecule has 0 bridgehead atoms. The molecule has 11 N–H and O–H groups in total. The fourth-order valence-corrected chi connectivity index (χ4v) is 14.3. The summed E-state index contributed by atoms with van der Waals surface area (Å²) in [5.41, 5.74) is 25.2. The summed E-state index contributed by atoms with van der Waals surface area (Å²) in [4.78, 5) is 105. The Kier molecular flexibility index (Phi) is 20.7. The first-order valence-electron chi connectivity index (χ1n) is 39.7. The van der Waals surface area contributed by atoms with E-state index in [-0.39, 0.29) is 17.7 Å². The van der Waals surface area contributed by atoms with Gasteiger partial charge in [-0.1, -0.05) is 93.6 Å². The fourth-order valence-electron chi connectivity index (χ4n) is 14.3. The van der Waals surface area contributed by atoms with Crippen LogP contribution in [0.3, 0.4) is 0 Å². The number of carbonyl (C=O) groups is 3. The Morgan fingerprint density at radius 1 is 0.328 bits per heavy atom. The van der Waals surface area contributed by atoms with Crippen molar-refractivity contribution >= 4 is 128 Å². The molecule has 31 nitrogen and oxygen atoms in total. The predicted molar refractivity (Wildman–Crippen MR) is 484 cm³/mol. The van der Waals surface area contributed by atoms with Gasteiger partial charge in [0.2, 0.25) is 11.8 Å². The van der Waals surface area contributed by atoms with Gasteiger partial charge in [-0.2, -0.15) is 20.4 Å². The Morgan fingerprint density at radius 3 is 1.02 bits per heavy atom. The zero-order chi connectivity index (χ0) is 85.1. The standard InChI is InChI=1S/C26H19N7O.C25H17N7O.C23H21N7O.C20H17N7/c34-24(10-16-4-2-1-3-5-16)29-19-11-18(13-28-14-19)17-6-7-21-20(12-17)25(33-32-21)26-30-22-8-9-27-15-23(22)31-26;33-25(15-4-2-1-3-5-15)28-18-10-17(12-27-13-18)16-6-7-20-19(11-16)23(32-31-20)24-29-21-8-9-26-14-22(21)30-24;1-23(2,3)22(31)26-15-8-14(10-25-11-15)13-4-5-17-16(9-13)20(30-29-17)21-27-18-6-7-24-12-19(18)28-21;1-27(2)14-7-13(9-22-10-14)12-3-4-16-15(8-12)19(26-25-16)20-23-17-5-6-21-11-18(17)24-20/h1-9,11-15H,10H2,(H,29,34)(H,30,31)(H,32,33);1-14H,(H,28,33)(H,29,30)(H,31,32);4-12H,1-3H3,(H,26,31)(H,27,28)(H,29,30);3-11H,1-2H3,(H,23,24)(H,25,26). The highest BCUT2D eigenvalue weighted by Gasteiger charge is 2.24. The van der Waals surface area contributed by atoms with Gasteiger partial charge in [0.1, 0.15) is 22.8 Å². The molecule has 16 aromatic heterocycles. The van der Waals surface area contributed by atoms with E-state index >= 15 is 0 Å². The average Bonchev–Trinajstić information content (AvgIpc) is 1.75. The van der Waals surface area contributed by atoms with Gasteiger partial charge < -0.3 is 40.8 Å². The van der Waals surface area contributed by atoms with Crippen LogP contribution in [-0.4, -0.2) is 152 Å². The summed E-state index contributed by atoms with van der Waals surface area (Å²) in [7, 11) is 4.02. The SMILES string of the molecule is CC(C)(C)C(=O)Nc1cncc(-c2ccc3[nH]nc(-c4nc5ccncc5[nH]4)c3c2)c1.CN(C)c1cncc(-c2ccc3[nH]nc(-c4nc5ccncc5[nH]4)c3c2)c1.O=C(Cc1ccccc1)Nc1cncc(-c2ccc3[nH]nc(-c4nc5ccncc5[nH]4)c3c2)c1.O=C(Nc1cncc(-c2ccc3[nH]nc(-c4nc5ccncc5[nH]4)c3c2)c1)c1ccccc1. The van der Waals surface area contributed by atoms with Crippen LogP contribution in [0.4, 0.5) is 22.7 Å². The fraction of sp³-hybridized carbons (Fsp3) is 0.0745. The number of H-pyrrole nitrogens is 8. The average molecular weight is 1640 g/mol. The number of imidazole rings is 4. The van der Waals surface area contributed by atoms with Gasteiger partial charge in [-0.25, -0.2) is 19.9 Å². The number of anilines is 4. The lowest BCUT2D eigenvalue weighted by Crippen LogP contribution is -2.27. The van der Waals surface area contributed by atoms with Gasteiger partial charge in [-0.3, -0.25) is 74.7 Å². The molecular weight excluding hydrogens is 1570 g/mol. The molecule has 0 atom stereocenters. The van der Waals surface area contributed by atoms with Gasteiger partial charge in [-0.05, 0) is 137 Å². The van der Waals surface area contributed by atoms with Crippen molar-refractivity contribution in [2.45, 2.75) is 27.2 Å². The minimum Gasteiger partial charge on any atom is -0.376 e. The highest BCUT2D eigenvalue weighted by molar-refractivity contribution is 6.05. The van der Waals surface area contributed by atoms with E-state index in [4.69, 9.17) is 0 Å². The molecule has 0 aliphatic carbocycles. The summed E-state index contributed by atoms with van der Waals surface area (Å²) in [5.74, 6) is 2.42. The number of carbonyl (C=O) groups excluding carboxylic acids is 3. The van der Waals surface area contributed by atoms with Crippen LogP contribution in [0.1, 0.15) is 36.7 Å². The molecule has 608 valence electrons. The number of hydrogen-bond acceptors (Lipinski definition) is 20. The van der Waals surface area contributed by atoms with E-state index < -0.39 is 5.41 Å². The van der Waals surface area contributed by atoms with Crippen LogP contribution in [0.15, 0.2) is 281 Å². The van der Waals surface area contributed by atoms with E-state index in [1.165, 1.54) is 0 Å². The van der Waals surface area contributed by atoms with Gasteiger partial charge in [0.05, 0.1) is 145 Å². The van der Waals surface area contributed by atoms with E-state index in [0.717, 1.165) is 172 Å². The maximum absolute atomic E-state index is 12.5. The molecule has 22 rings (SSSR count). The zero-order valence-corrected chi connectivity index (χ0v) is 67.6. The predicted octanol–water partition coefficient (Wildman–Crippen LogP) is 17.7. The van der Waals surface area contributed by atoms with Crippen molar-refractivity contribution in [3.63, 3.8) is 0 Å². The Hall–Kier alpha value is -17.5.